The summed E-state index contributed by atoms with van der Waals surface area (Å²) >= 11 is 0. The molecule has 1 rings (SSSR count). The van der Waals surface area contributed by atoms with E-state index in [0.717, 1.165) is 5.56 Å². The number of hydrogen-bond acceptors (Lipinski definition) is 2. The van der Waals surface area contributed by atoms with Gasteiger partial charge in [0.25, 0.3) is 0 Å². The molecule has 0 radical (unpaired) electrons. The first-order valence-corrected chi connectivity index (χ1v) is 5.59. The van der Waals surface area contributed by atoms with Gasteiger partial charge in [0, 0.05) is 5.56 Å². The summed E-state index contributed by atoms with van der Waals surface area (Å²) in [6.07, 6.45) is 0.135. The van der Waals surface area contributed by atoms with Crippen LogP contribution < -0.4 is 0 Å². The topological polar surface area (TPSA) is 26.3 Å². The van der Waals surface area contributed by atoms with E-state index in [0.29, 0.717) is 0 Å². The Morgan fingerprint density at radius 1 is 1.35 bits per heavy atom. The number of hydrogen-bond donors (Lipinski definition) is 0. The Morgan fingerprint density at radius 2 is 2.06 bits per heavy atom. The molecule has 0 aromatic heterocycles. The standard InChI is InChI=1S/C15H18O2/c1-15(2,3)13-9-5-7-12(11-13)8-6-10-14(16)17-4/h5,7,9,11H,10H2,1-4H3. The Hall–Kier alpha value is -1.75. The molecule has 0 saturated heterocycles. The van der Waals surface area contributed by atoms with E-state index in [1.807, 2.05) is 12.1 Å². The van der Waals surface area contributed by atoms with Crippen LogP contribution in [0.2, 0.25) is 0 Å². The lowest BCUT2D eigenvalue weighted by atomic mass is 9.86. The number of methoxy groups -OCH3 is 1. The normalized spacial score (nSPS) is 10.4. The lowest BCUT2D eigenvalue weighted by Gasteiger charge is -2.18. The molecule has 0 aliphatic rings. The average molecular weight is 230 g/mol. The fraction of sp³-hybridized carbons (Fsp3) is 0.400. The molecule has 2 heteroatoms. The zero-order chi connectivity index (χ0) is 12.9. The van der Waals surface area contributed by atoms with Crippen molar-refractivity contribution in [3.05, 3.63) is 35.4 Å². The Morgan fingerprint density at radius 3 is 2.65 bits per heavy atom. The predicted octanol–water partition coefficient (Wildman–Crippen LogP) is 2.90. The Labute approximate surface area is 103 Å². The second kappa shape index (κ2) is 5.54. The van der Waals surface area contributed by atoms with Crippen LogP contribution in [0.15, 0.2) is 24.3 Å². The molecule has 0 heterocycles. The minimum atomic E-state index is -0.301. The molecule has 0 aliphatic heterocycles. The second-order valence-electron chi connectivity index (χ2n) is 4.89. The van der Waals surface area contributed by atoms with Gasteiger partial charge in [0.1, 0.15) is 6.42 Å². The van der Waals surface area contributed by atoms with Crippen molar-refractivity contribution in [1.82, 2.24) is 0 Å². The van der Waals surface area contributed by atoms with Gasteiger partial charge in [-0.1, -0.05) is 44.7 Å². The third-order valence-corrected chi connectivity index (χ3v) is 2.42. The van der Waals surface area contributed by atoms with Gasteiger partial charge in [-0.25, -0.2) is 0 Å². The smallest absolute Gasteiger partial charge is 0.317 e. The first-order chi connectivity index (χ1) is 7.93. The van der Waals surface area contributed by atoms with Gasteiger partial charge in [0.15, 0.2) is 0 Å². The molecule has 90 valence electrons. The molecule has 17 heavy (non-hydrogen) atoms. The van der Waals surface area contributed by atoms with Gasteiger partial charge in [-0.3, -0.25) is 4.79 Å². The van der Waals surface area contributed by atoms with Gasteiger partial charge in [-0.15, -0.1) is 0 Å². The summed E-state index contributed by atoms with van der Waals surface area (Å²) in [4.78, 5) is 10.9. The fourth-order valence-corrected chi connectivity index (χ4v) is 1.35. The lowest BCUT2D eigenvalue weighted by Crippen LogP contribution is -2.10. The molecule has 0 aliphatic carbocycles. The molecule has 0 fully saturated rings. The van der Waals surface area contributed by atoms with Crippen LogP contribution in [0.5, 0.6) is 0 Å². The third-order valence-electron chi connectivity index (χ3n) is 2.42. The summed E-state index contributed by atoms with van der Waals surface area (Å²) < 4.78 is 4.52. The Kier molecular flexibility index (Phi) is 4.34. The zero-order valence-electron chi connectivity index (χ0n) is 10.8. The highest BCUT2D eigenvalue weighted by Gasteiger charge is 2.12. The van der Waals surface area contributed by atoms with Crippen molar-refractivity contribution in [3.63, 3.8) is 0 Å². The Balaban J connectivity index is 2.83. The highest BCUT2D eigenvalue weighted by atomic mass is 16.5. The van der Waals surface area contributed by atoms with Crippen LogP contribution in [0.3, 0.4) is 0 Å². The van der Waals surface area contributed by atoms with Crippen LogP contribution in [0.4, 0.5) is 0 Å². The molecule has 0 amide bonds. The van der Waals surface area contributed by atoms with Crippen LogP contribution in [-0.2, 0) is 14.9 Å². The van der Waals surface area contributed by atoms with E-state index >= 15 is 0 Å². The summed E-state index contributed by atoms with van der Waals surface area (Å²) in [5, 5.41) is 0. The minimum absolute atomic E-state index is 0.111. The van der Waals surface area contributed by atoms with E-state index in [2.05, 4.69) is 49.5 Å². The third kappa shape index (κ3) is 4.32. The maximum atomic E-state index is 10.9. The van der Waals surface area contributed by atoms with Crippen LogP contribution in [0.1, 0.15) is 38.3 Å². The summed E-state index contributed by atoms with van der Waals surface area (Å²) in [6.45, 7) is 6.48. The maximum absolute atomic E-state index is 10.9. The van der Waals surface area contributed by atoms with Crippen LogP contribution in [0, 0.1) is 11.8 Å². The number of benzene rings is 1. The van der Waals surface area contributed by atoms with Crippen LogP contribution >= 0.6 is 0 Å². The van der Waals surface area contributed by atoms with Gasteiger partial charge in [0.05, 0.1) is 7.11 Å². The lowest BCUT2D eigenvalue weighted by molar-refractivity contribution is -0.139. The number of carbonyl (C=O) groups excluding carboxylic acids is 1. The highest BCUT2D eigenvalue weighted by Crippen LogP contribution is 2.22. The predicted molar refractivity (Wildman–Crippen MR) is 68.7 cm³/mol. The number of rotatable bonds is 1. The monoisotopic (exact) mass is 230 g/mol. The molecule has 0 bridgehead atoms. The molecule has 0 unspecified atom stereocenters. The summed E-state index contributed by atoms with van der Waals surface area (Å²) in [6, 6.07) is 8.08. The van der Waals surface area contributed by atoms with E-state index < -0.39 is 0 Å². The van der Waals surface area contributed by atoms with Crippen molar-refractivity contribution in [2.24, 2.45) is 0 Å². The van der Waals surface area contributed by atoms with Gasteiger partial charge < -0.3 is 4.74 Å². The van der Waals surface area contributed by atoms with Gasteiger partial charge in [-0.2, -0.15) is 0 Å². The fourth-order valence-electron chi connectivity index (χ4n) is 1.35. The number of esters is 1. The van der Waals surface area contributed by atoms with Crippen molar-refractivity contribution in [2.75, 3.05) is 7.11 Å². The number of ether oxygens (including phenoxy) is 1. The average Bonchev–Trinajstić information content (AvgIpc) is 2.28. The van der Waals surface area contributed by atoms with Crippen molar-refractivity contribution in [1.29, 1.82) is 0 Å². The van der Waals surface area contributed by atoms with Crippen molar-refractivity contribution in [3.8, 4) is 11.8 Å². The van der Waals surface area contributed by atoms with Crippen LogP contribution in [0.25, 0.3) is 0 Å². The Bertz CT molecular complexity index is 456. The van der Waals surface area contributed by atoms with Crippen LogP contribution in [-0.4, -0.2) is 13.1 Å². The summed E-state index contributed by atoms with van der Waals surface area (Å²) in [5.74, 6) is 5.48. The first kappa shape index (κ1) is 13.3. The molecule has 2 nitrogen and oxygen atoms in total. The molecular weight excluding hydrogens is 212 g/mol. The highest BCUT2D eigenvalue weighted by molar-refractivity contribution is 5.72. The van der Waals surface area contributed by atoms with E-state index in [9.17, 15) is 4.79 Å². The first-order valence-electron chi connectivity index (χ1n) is 5.59. The largest absolute Gasteiger partial charge is 0.468 e. The summed E-state index contributed by atoms with van der Waals surface area (Å²) in [7, 11) is 1.37. The van der Waals surface area contributed by atoms with Gasteiger partial charge in [-0.05, 0) is 23.1 Å². The van der Waals surface area contributed by atoms with E-state index in [1.165, 1.54) is 12.7 Å². The molecule has 0 N–H and O–H groups in total. The molecule has 0 spiro atoms. The number of carbonyl (C=O) groups is 1. The van der Waals surface area contributed by atoms with Crippen molar-refractivity contribution in [2.45, 2.75) is 32.6 Å². The quantitative estimate of drug-likeness (QED) is 0.547. The van der Waals surface area contributed by atoms with Gasteiger partial charge >= 0.3 is 5.97 Å². The SMILES string of the molecule is COC(=O)CC#Cc1cccc(C(C)(C)C)c1. The second-order valence-corrected chi connectivity index (χ2v) is 4.89. The molecule has 0 saturated carbocycles. The molecule has 1 aromatic carbocycles. The van der Waals surface area contributed by atoms with E-state index in [4.69, 9.17) is 0 Å². The molecular formula is C15H18O2. The zero-order valence-corrected chi connectivity index (χ0v) is 10.8. The van der Waals surface area contributed by atoms with Crippen molar-refractivity contribution < 1.29 is 9.53 Å². The molecule has 0 atom stereocenters. The van der Waals surface area contributed by atoms with Crippen molar-refractivity contribution >= 4 is 5.97 Å². The minimum Gasteiger partial charge on any atom is -0.468 e. The summed E-state index contributed by atoms with van der Waals surface area (Å²) in [5.41, 5.74) is 2.28. The van der Waals surface area contributed by atoms with E-state index in [-0.39, 0.29) is 17.8 Å². The van der Waals surface area contributed by atoms with E-state index in [1.54, 1.807) is 0 Å². The van der Waals surface area contributed by atoms with Gasteiger partial charge in [0.2, 0.25) is 0 Å². The molecule has 1 aromatic rings. The maximum Gasteiger partial charge on any atom is 0.317 e.